The summed E-state index contributed by atoms with van der Waals surface area (Å²) in [5.41, 5.74) is 2.81. The van der Waals surface area contributed by atoms with Crippen LogP contribution >= 0.6 is 0 Å². The van der Waals surface area contributed by atoms with Crippen molar-refractivity contribution in [2.75, 3.05) is 0 Å². The lowest BCUT2D eigenvalue weighted by Crippen LogP contribution is -2.30. The fourth-order valence-corrected chi connectivity index (χ4v) is 6.34. The lowest BCUT2D eigenvalue weighted by molar-refractivity contribution is 0.115. The summed E-state index contributed by atoms with van der Waals surface area (Å²) in [6.07, 6.45) is 20.1. The zero-order chi connectivity index (χ0) is 25.3. The number of halogens is 2. The normalized spacial score (nSPS) is 24.0. The number of allylic oxidation sites excluding steroid dienone is 4. The van der Waals surface area contributed by atoms with Gasteiger partial charge in [0.05, 0.1) is 0 Å². The first-order valence-electron chi connectivity index (χ1n) is 13.9. The molecule has 0 N–H and O–H groups in total. The van der Waals surface area contributed by atoms with Gasteiger partial charge in [0, 0.05) is 16.7 Å². The average molecular weight is 487 g/mol. The topological polar surface area (TPSA) is 0 Å². The lowest BCUT2D eigenvalue weighted by atomic mass is 9.63. The van der Waals surface area contributed by atoms with Crippen LogP contribution in [0.2, 0.25) is 0 Å². The Morgan fingerprint density at radius 2 is 1.42 bits per heavy atom. The third kappa shape index (κ3) is 6.97. The zero-order valence-electron chi connectivity index (χ0n) is 21.9. The minimum atomic E-state index is -0.512. The second kappa shape index (κ2) is 13.0. The molecule has 4 atom stereocenters. The molecule has 2 saturated carbocycles. The van der Waals surface area contributed by atoms with Crippen molar-refractivity contribution < 1.29 is 8.78 Å². The Morgan fingerprint density at radius 3 is 2.14 bits per heavy atom. The second-order valence-electron chi connectivity index (χ2n) is 10.8. The van der Waals surface area contributed by atoms with Crippen molar-refractivity contribution in [3.8, 4) is 11.8 Å². The van der Waals surface area contributed by atoms with Crippen molar-refractivity contribution in [1.82, 2.24) is 0 Å². The van der Waals surface area contributed by atoms with Gasteiger partial charge < -0.3 is 0 Å². The van der Waals surface area contributed by atoms with Crippen LogP contribution in [-0.4, -0.2) is 0 Å². The first-order chi connectivity index (χ1) is 17.6. The van der Waals surface area contributed by atoms with Gasteiger partial charge in [0.15, 0.2) is 0 Å². The van der Waals surface area contributed by atoms with E-state index in [-0.39, 0.29) is 5.56 Å². The quantitative estimate of drug-likeness (QED) is 0.270. The van der Waals surface area contributed by atoms with Gasteiger partial charge in [-0.15, -0.1) is 0 Å². The molecular formula is C34H40F2. The zero-order valence-corrected chi connectivity index (χ0v) is 21.9. The summed E-state index contributed by atoms with van der Waals surface area (Å²) in [5.74, 6) is 8.38. The number of benzene rings is 2. The largest absolute Gasteiger partial charge is 0.207 e. The van der Waals surface area contributed by atoms with Crippen LogP contribution in [0.1, 0.15) is 99.8 Å². The summed E-state index contributed by atoms with van der Waals surface area (Å²) < 4.78 is 28.8. The van der Waals surface area contributed by atoms with Crippen molar-refractivity contribution in [2.24, 2.45) is 17.8 Å². The summed E-state index contributed by atoms with van der Waals surface area (Å²) in [4.78, 5) is 0. The van der Waals surface area contributed by atoms with Crippen molar-refractivity contribution in [3.63, 3.8) is 0 Å². The number of fused-ring (bicyclic) bond motifs is 1. The van der Waals surface area contributed by atoms with E-state index in [2.05, 4.69) is 55.2 Å². The first kappa shape index (κ1) is 26.4. The average Bonchev–Trinajstić information content (AvgIpc) is 2.89. The molecule has 4 rings (SSSR count). The summed E-state index contributed by atoms with van der Waals surface area (Å²) in [6.45, 7) is 4.02. The van der Waals surface area contributed by atoms with Crippen LogP contribution < -0.4 is 0 Å². The molecule has 190 valence electrons. The molecule has 0 aromatic heterocycles. The third-order valence-corrected chi connectivity index (χ3v) is 8.37. The molecule has 36 heavy (non-hydrogen) atoms. The van der Waals surface area contributed by atoms with Crippen LogP contribution in [0.4, 0.5) is 8.78 Å². The molecule has 0 spiro atoms. The maximum absolute atomic E-state index is 14.4. The highest BCUT2D eigenvalue weighted by Crippen LogP contribution is 2.48. The van der Waals surface area contributed by atoms with Gasteiger partial charge in [0.25, 0.3) is 0 Å². The fraction of sp³-hybridized carbons (Fsp3) is 0.471. The Kier molecular flexibility index (Phi) is 9.57. The van der Waals surface area contributed by atoms with Gasteiger partial charge in [-0.2, -0.15) is 0 Å². The molecule has 2 aliphatic rings. The second-order valence-corrected chi connectivity index (χ2v) is 10.8. The number of hydrogen-bond acceptors (Lipinski definition) is 0. The van der Waals surface area contributed by atoms with Gasteiger partial charge in [-0.25, -0.2) is 8.78 Å². The molecule has 0 saturated heterocycles. The predicted molar refractivity (Wildman–Crippen MR) is 147 cm³/mol. The van der Waals surface area contributed by atoms with E-state index in [1.807, 2.05) is 19.1 Å². The third-order valence-electron chi connectivity index (χ3n) is 8.37. The maximum atomic E-state index is 14.4. The highest BCUT2D eigenvalue weighted by atomic mass is 19.1. The van der Waals surface area contributed by atoms with Gasteiger partial charge in [0.1, 0.15) is 11.6 Å². The standard InChI is InChI=1S/C34H40F2/c1-3-5-7-9-26-15-18-31-24-30(20-19-29(31)21-26)28-16-13-25(14-17-28)11-12-27-22-33(35)32(34(36)23-27)10-8-6-4-2/h3-6,13-14,16-17,22-23,26,29-31H,7-10,15,18-21,24H2,1-2H3/b5-3+,6-4+. The molecule has 0 aliphatic heterocycles. The highest BCUT2D eigenvalue weighted by molar-refractivity contribution is 5.45. The molecule has 2 heteroatoms. The van der Waals surface area contributed by atoms with Gasteiger partial charge >= 0.3 is 0 Å². The van der Waals surface area contributed by atoms with Crippen LogP contribution in [0.3, 0.4) is 0 Å². The van der Waals surface area contributed by atoms with E-state index in [1.165, 1.54) is 69.1 Å². The molecule has 2 fully saturated rings. The van der Waals surface area contributed by atoms with Gasteiger partial charge in [-0.1, -0.05) is 54.7 Å². The highest BCUT2D eigenvalue weighted by Gasteiger charge is 2.35. The first-order valence-corrected chi connectivity index (χ1v) is 13.9. The lowest BCUT2D eigenvalue weighted by Gasteiger charge is -2.42. The van der Waals surface area contributed by atoms with E-state index < -0.39 is 11.6 Å². The van der Waals surface area contributed by atoms with Crippen LogP contribution in [-0.2, 0) is 6.42 Å². The maximum Gasteiger partial charge on any atom is 0.130 e. The van der Waals surface area contributed by atoms with E-state index in [0.29, 0.717) is 24.3 Å². The summed E-state index contributed by atoms with van der Waals surface area (Å²) in [7, 11) is 0. The Labute approximate surface area is 216 Å². The minimum absolute atomic E-state index is 0.139. The van der Waals surface area contributed by atoms with Crippen LogP contribution in [0.25, 0.3) is 0 Å². The van der Waals surface area contributed by atoms with Crippen LogP contribution in [0.15, 0.2) is 60.7 Å². The molecule has 0 radical (unpaired) electrons. The van der Waals surface area contributed by atoms with Crippen molar-refractivity contribution >= 4 is 0 Å². The molecule has 2 aliphatic carbocycles. The van der Waals surface area contributed by atoms with Gasteiger partial charge in [0.2, 0.25) is 0 Å². The minimum Gasteiger partial charge on any atom is -0.207 e. The molecule has 0 heterocycles. The Bertz CT molecular complexity index is 1090. The monoisotopic (exact) mass is 486 g/mol. The summed E-state index contributed by atoms with van der Waals surface area (Å²) in [5, 5.41) is 0. The number of rotatable bonds is 7. The van der Waals surface area contributed by atoms with Gasteiger partial charge in [-0.3, -0.25) is 0 Å². The van der Waals surface area contributed by atoms with E-state index in [4.69, 9.17) is 0 Å². The summed E-state index contributed by atoms with van der Waals surface area (Å²) in [6, 6.07) is 11.2. The van der Waals surface area contributed by atoms with Crippen LogP contribution in [0.5, 0.6) is 0 Å². The van der Waals surface area contributed by atoms with Gasteiger partial charge in [-0.05, 0) is 125 Å². The molecular weight excluding hydrogens is 446 g/mol. The predicted octanol–water partition coefficient (Wildman–Crippen LogP) is 9.53. The van der Waals surface area contributed by atoms with E-state index in [9.17, 15) is 8.78 Å². The molecule has 2 aromatic carbocycles. The summed E-state index contributed by atoms with van der Waals surface area (Å²) >= 11 is 0. The van der Waals surface area contributed by atoms with E-state index in [1.54, 1.807) is 0 Å². The molecule has 0 amide bonds. The Balaban J connectivity index is 1.34. The molecule has 2 aromatic rings. The number of hydrogen-bond donors (Lipinski definition) is 0. The molecule has 0 nitrogen and oxygen atoms in total. The smallest absolute Gasteiger partial charge is 0.130 e. The Hall–Kier alpha value is -2.66. The van der Waals surface area contributed by atoms with Crippen LogP contribution in [0, 0.1) is 41.2 Å². The molecule has 4 unspecified atom stereocenters. The van der Waals surface area contributed by atoms with Crippen molar-refractivity contribution in [1.29, 1.82) is 0 Å². The fourth-order valence-electron chi connectivity index (χ4n) is 6.34. The Morgan fingerprint density at radius 1 is 0.778 bits per heavy atom. The SMILES string of the molecule is C/C=C/CCc1c(F)cc(C#Cc2ccc(C3CCC4CC(CC/C=C/C)CCC4C3)cc2)cc1F. The van der Waals surface area contributed by atoms with Crippen molar-refractivity contribution in [3.05, 3.63) is 94.6 Å². The van der Waals surface area contributed by atoms with Crippen molar-refractivity contribution in [2.45, 2.75) is 84.0 Å². The van der Waals surface area contributed by atoms with E-state index >= 15 is 0 Å². The molecule has 0 bridgehead atoms. The van der Waals surface area contributed by atoms with E-state index in [0.717, 1.165) is 23.3 Å².